The molecular weight excluding hydrogens is 576 g/mol. The van der Waals surface area contributed by atoms with Crippen LogP contribution in [0.5, 0.6) is 0 Å². The Labute approximate surface area is 236 Å². The van der Waals surface area contributed by atoms with Crippen LogP contribution < -0.4 is 10.6 Å². The Morgan fingerprint density at radius 3 is 2.21 bits per heavy atom. The van der Waals surface area contributed by atoms with Crippen molar-refractivity contribution in [3.8, 4) is 0 Å². The van der Waals surface area contributed by atoms with Crippen LogP contribution in [0.4, 0.5) is 13.2 Å². The first-order chi connectivity index (χ1) is 18.4. The molecule has 0 aliphatic rings. The molecule has 39 heavy (non-hydrogen) atoms. The lowest BCUT2D eigenvalue weighted by Gasteiger charge is -2.17. The van der Waals surface area contributed by atoms with E-state index in [0.29, 0.717) is 11.3 Å². The summed E-state index contributed by atoms with van der Waals surface area (Å²) in [5.41, 5.74) is -0.114. The molecule has 0 radical (unpaired) electrons. The number of carboxylic acids is 1. The average Bonchev–Trinajstić information content (AvgIpc) is 2.89. The Morgan fingerprint density at radius 2 is 1.62 bits per heavy atom. The van der Waals surface area contributed by atoms with E-state index in [1.54, 1.807) is 0 Å². The van der Waals surface area contributed by atoms with Crippen molar-refractivity contribution in [3.63, 3.8) is 0 Å². The maximum Gasteiger partial charge on any atom is 0.416 e. The van der Waals surface area contributed by atoms with Gasteiger partial charge in [0.2, 0.25) is 0 Å². The maximum absolute atomic E-state index is 13.1. The van der Waals surface area contributed by atoms with E-state index >= 15 is 0 Å². The van der Waals surface area contributed by atoms with Crippen LogP contribution in [0.1, 0.15) is 27.0 Å². The SMILES string of the molecule is O=C(N[C@@H](CSCc1ccccc1)C(=O)O)C(=Cc1ccc(Cl)c(Cl)c1)NC(=O)c1ccc(C(F)(F)F)cc1. The van der Waals surface area contributed by atoms with Gasteiger partial charge in [0.05, 0.1) is 15.6 Å². The van der Waals surface area contributed by atoms with Crippen LogP contribution in [0.2, 0.25) is 10.0 Å². The van der Waals surface area contributed by atoms with Gasteiger partial charge < -0.3 is 15.7 Å². The van der Waals surface area contributed by atoms with E-state index in [1.165, 1.54) is 36.0 Å². The molecule has 6 nitrogen and oxygen atoms in total. The average molecular weight is 597 g/mol. The minimum atomic E-state index is -4.59. The molecule has 12 heteroatoms. The number of carboxylic acid groups (broad SMARTS) is 1. The van der Waals surface area contributed by atoms with Crippen LogP contribution in [0.25, 0.3) is 6.08 Å². The van der Waals surface area contributed by atoms with E-state index < -0.39 is 35.6 Å². The van der Waals surface area contributed by atoms with Crippen molar-refractivity contribution in [2.75, 3.05) is 5.75 Å². The molecule has 0 aliphatic carbocycles. The Balaban J connectivity index is 1.81. The molecule has 0 aliphatic heterocycles. The van der Waals surface area contributed by atoms with Gasteiger partial charge in [-0.2, -0.15) is 24.9 Å². The molecule has 1 atom stereocenters. The number of carbonyl (C=O) groups excluding carboxylic acids is 2. The first-order valence-electron chi connectivity index (χ1n) is 11.2. The highest BCUT2D eigenvalue weighted by molar-refractivity contribution is 7.98. The number of carbonyl (C=O) groups is 3. The fraction of sp³-hybridized carbons (Fsp3) is 0.148. The van der Waals surface area contributed by atoms with Gasteiger partial charge in [-0.15, -0.1) is 0 Å². The predicted octanol–water partition coefficient (Wildman–Crippen LogP) is 6.29. The molecule has 3 aromatic rings. The number of hydrogen-bond acceptors (Lipinski definition) is 4. The third kappa shape index (κ3) is 9.05. The normalized spacial score (nSPS) is 12.5. The highest BCUT2D eigenvalue weighted by Crippen LogP contribution is 2.29. The standard InChI is InChI=1S/C27H21Cl2F3N2O4S/c28-20-11-6-17(12-21(20)29)13-22(33-24(35)18-7-9-19(10-8-18)27(30,31)32)25(36)34-23(26(37)38)15-39-14-16-4-2-1-3-5-16/h1-13,23H,14-15H2,(H,33,35)(H,34,36)(H,37,38)/t23-/m0/s1. The van der Waals surface area contributed by atoms with Gasteiger partial charge in [0, 0.05) is 17.1 Å². The number of rotatable bonds is 10. The van der Waals surface area contributed by atoms with Gasteiger partial charge in [0.25, 0.3) is 11.8 Å². The van der Waals surface area contributed by atoms with Gasteiger partial charge in [-0.05, 0) is 53.6 Å². The fourth-order valence-corrected chi connectivity index (χ4v) is 4.53. The second-order valence-corrected chi connectivity index (χ2v) is 9.97. The third-order valence-corrected chi connectivity index (χ3v) is 7.07. The number of benzene rings is 3. The van der Waals surface area contributed by atoms with Crippen molar-refractivity contribution in [2.45, 2.75) is 18.0 Å². The summed E-state index contributed by atoms with van der Waals surface area (Å²) in [7, 11) is 0. The summed E-state index contributed by atoms with van der Waals surface area (Å²) < 4.78 is 38.6. The summed E-state index contributed by atoms with van der Waals surface area (Å²) in [6.07, 6.45) is -3.34. The molecule has 0 heterocycles. The zero-order chi connectivity index (χ0) is 28.6. The fourth-order valence-electron chi connectivity index (χ4n) is 3.21. The minimum Gasteiger partial charge on any atom is -0.480 e. The smallest absolute Gasteiger partial charge is 0.416 e. The van der Waals surface area contributed by atoms with E-state index in [1.807, 2.05) is 30.3 Å². The number of hydrogen-bond donors (Lipinski definition) is 3. The summed E-state index contributed by atoms with van der Waals surface area (Å²) in [5.74, 6) is -2.54. The molecule has 0 unspecified atom stereocenters. The molecule has 3 N–H and O–H groups in total. The van der Waals surface area contributed by atoms with E-state index in [0.717, 1.165) is 29.8 Å². The molecule has 3 rings (SSSR count). The number of halogens is 5. The van der Waals surface area contributed by atoms with Crippen molar-refractivity contribution >= 4 is 58.8 Å². The number of nitrogens with one attached hydrogen (secondary N) is 2. The molecule has 0 saturated carbocycles. The summed E-state index contributed by atoms with van der Waals surface area (Å²) in [4.78, 5) is 37.8. The predicted molar refractivity (Wildman–Crippen MR) is 146 cm³/mol. The Kier molecular flexibility index (Phi) is 10.4. The zero-order valence-electron chi connectivity index (χ0n) is 20.0. The molecule has 2 amide bonds. The molecular formula is C27H21Cl2F3N2O4S. The lowest BCUT2D eigenvalue weighted by molar-refractivity contribution is -0.140. The lowest BCUT2D eigenvalue weighted by Crippen LogP contribution is -2.45. The van der Waals surface area contributed by atoms with Crippen molar-refractivity contribution in [2.24, 2.45) is 0 Å². The Bertz CT molecular complexity index is 1370. The van der Waals surface area contributed by atoms with Crippen LogP contribution in [0.15, 0.2) is 78.5 Å². The van der Waals surface area contributed by atoms with Gasteiger partial charge in [-0.3, -0.25) is 9.59 Å². The highest BCUT2D eigenvalue weighted by atomic mass is 35.5. The molecule has 0 saturated heterocycles. The van der Waals surface area contributed by atoms with Crippen molar-refractivity contribution in [1.29, 1.82) is 0 Å². The summed E-state index contributed by atoms with van der Waals surface area (Å²) in [6, 6.07) is 15.8. The zero-order valence-corrected chi connectivity index (χ0v) is 22.3. The van der Waals surface area contributed by atoms with E-state index in [2.05, 4.69) is 10.6 Å². The number of thioether (sulfide) groups is 1. The van der Waals surface area contributed by atoms with Crippen LogP contribution in [-0.2, 0) is 21.5 Å². The summed E-state index contributed by atoms with van der Waals surface area (Å²) in [6.45, 7) is 0. The van der Waals surface area contributed by atoms with Crippen molar-refractivity contribution in [1.82, 2.24) is 10.6 Å². The van der Waals surface area contributed by atoms with Gasteiger partial charge >= 0.3 is 12.1 Å². The lowest BCUT2D eigenvalue weighted by atomic mass is 10.1. The highest BCUT2D eigenvalue weighted by Gasteiger charge is 2.30. The molecule has 0 bridgehead atoms. The van der Waals surface area contributed by atoms with E-state index in [-0.39, 0.29) is 27.1 Å². The van der Waals surface area contributed by atoms with Crippen LogP contribution in [0.3, 0.4) is 0 Å². The molecule has 0 aromatic heterocycles. The summed E-state index contributed by atoms with van der Waals surface area (Å²) >= 11 is 13.3. The van der Waals surface area contributed by atoms with Gasteiger partial charge in [-0.1, -0.05) is 59.6 Å². The maximum atomic E-state index is 13.1. The largest absolute Gasteiger partial charge is 0.480 e. The molecule has 3 aromatic carbocycles. The second-order valence-electron chi connectivity index (χ2n) is 8.13. The minimum absolute atomic E-state index is 0.0306. The number of aliphatic carboxylic acids is 1. The Hall–Kier alpha value is -3.47. The monoisotopic (exact) mass is 596 g/mol. The first-order valence-corrected chi connectivity index (χ1v) is 13.2. The van der Waals surface area contributed by atoms with Crippen LogP contribution >= 0.6 is 35.0 Å². The Morgan fingerprint density at radius 1 is 0.949 bits per heavy atom. The molecule has 0 fully saturated rings. The van der Waals surface area contributed by atoms with Crippen LogP contribution in [0, 0.1) is 0 Å². The van der Waals surface area contributed by atoms with E-state index in [4.69, 9.17) is 23.2 Å². The van der Waals surface area contributed by atoms with E-state index in [9.17, 15) is 32.7 Å². The quantitative estimate of drug-likeness (QED) is 0.239. The molecule has 0 spiro atoms. The third-order valence-electron chi connectivity index (χ3n) is 5.22. The van der Waals surface area contributed by atoms with Gasteiger partial charge in [-0.25, -0.2) is 4.79 Å². The topological polar surface area (TPSA) is 95.5 Å². The number of alkyl halides is 3. The second kappa shape index (κ2) is 13.5. The van der Waals surface area contributed by atoms with Crippen molar-refractivity contribution < 1.29 is 32.7 Å². The first kappa shape index (κ1) is 30.1. The van der Waals surface area contributed by atoms with Gasteiger partial charge in [0.1, 0.15) is 11.7 Å². The number of amides is 2. The summed E-state index contributed by atoms with van der Waals surface area (Å²) in [5, 5.41) is 14.8. The van der Waals surface area contributed by atoms with Crippen molar-refractivity contribution in [3.05, 3.63) is 111 Å². The van der Waals surface area contributed by atoms with Gasteiger partial charge in [0.15, 0.2) is 0 Å². The molecule has 204 valence electrons. The van der Waals surface area contributed by atoms with Crippen LogP contribution in [-0.4, -0.2) is 34.7 Å².